The SMILES string of the molecule is Cc1ccc(Nc2cnc(C(=O)NC3CCCCC3)cn2)cc1C. The van der Waals surface area contributed by atoms with Crippen molar-refractivity contribution in [3.05, 3.63) is 47.4 Å². The van der Waals surface area contributed by atoms with Gasteiger partial charge in [-0.25, -0.2) is 9.97 Å². The van der Waals surface area contributed by atoms with Crippen molar-refractivity contribution in [2.24, 2.45) is 0 Å². The largest absolute Gasteiger partial charge is 0.348 e. The van der Waals surface area contributed by atoms with E-state index in [9.17, 15) is 4.79 Å². The fourth-order valence-corrected chi connectivity index (χ4v) is 2.98. The maximum absolute atomic E-state index is 12.2. The second-order valence-electron chi connectivity index (χ2n) is 6.52. The summed E-state index contributed by atoms with van der Waals surface area (Å²) in [5.74, 6) is 0.500. The van der Waals surface area contributed by atoms with Crippen LogP contribution >= 0.6 is 0 Å². The summed E-state index contributed by atoms with van der Waals surface area (Å²) in [6.45, 7) is 4.16. The molecular formula is C19H24N4O. The minimum Gasteiger partial charge on any atom is -0.348 e. The summed E-state index contributed by atoms with van der Waals surface area (Å²) < 4.78 is 0. The van der Waals surface area contributed by atoms with Crippen LogP contribution in [-0.4, -0.2) is 21.9 Å². The average molecular weight is 324 g/mol. The van der Waals surface area contributed by atoms with Gasteiger partial charge in [0, 0.05) is 11.7 Å². The van der Waals surface area contributed by atoms with Gasteiger partial charge in [0.25, 0.3) is 5.91 Å². The van der Waals surface area contributed by atoms with Crippen molar-refractivity contribution in [1.29, 1.82) is 0 Å². The number of nitrogens with one attached hydrogen (secondary N) is 2. The van der Waals surface area contributed by atoms with E-state index in [1.807, 2.05) is 6.07 Å². The van der Waals surface area contributed by atoms with Crippen molar-refractivity contribution >= 4 is 17.4 Å². The van der Waals surface area contributed by atoms with Crippen LogP contribution < -0.4 is 10.6 Å². The number of nitrogens with zero attached hydrogens (tertiary/aromatic N) is 2. The highest BCUT2D eigenvalue weighted by atomic mass is 16.1. The molecule has 0 unspecified atom stereocenters. The molecule has 0 spiro atoms. The highest BCUT2D eigenvalue weighted by Gasteiger charge is 2.17. The fourth-order valence-electron chi connectivity index (χ4n) is 2.98. The van der Waals surface area contributed by atoms with E-state index >= 15 is 0 Å². The standard InChI is InChI=1S/C19H24N4O/c1-13-8-9-16(10-14(13)2)22-18-12-20-17(11-21-18)19(24)23-15-6-4-3-5-7-15/h8-12,15H,3-7H2,1-2H3,(H,21,22)(H,23,24). The zero-order valence-corrected chi connectivity index (χ0v) is 14.3. The van der Waals surface area contributed by atoms with Gasteiger partial charge in [-0.15, -0.1) is 0 Å². The van der Waals surface area contributed by atoms with Gasteiger partial charge in [0.05, 0.1) is 12.4 Å². The number of anilines is 2. The highest BCUT2D eigenvalue weighted by molar-refractivity contribution is 5.92. The highest BCUT2D eigenvalue weighted by Crippen LogP contribution is 2.19. The first-order valence-corrected chi connectivity index (χ1v) is 8.59. The van der Waals surface area contributed by atoms with Crippen LogP contribution in [0.3, 0.4) is 0 Å². The minimum atomic E-state index is -0.132. The van der Waals surface area contributed by atoms with Gasteiger partial charge in [0.2, 0.25) is 0 Å². The van der Waals surface area contributed by atoms with Gasteiger partial charge < -0.3 is 10.6 Å². The Kier molecular flexibility index (Phi) is 5.08. The van der Waals surface area contributed by atoms with Gasteiger partial charge >= 0.3 is 0 Å². The third-order valence-electron chi connectivity index (χ3n) is 4.60. The van der Waals surface area contributed by atoms with Crippen LogP contribution in [0.1, 0.15) is 53.7 Å². The summed E-state index contributed by atoms with van der Waals surface area (Å²) in [7, 11) is 0. The molecule has 2 aromatic rings. The Bertz CT molecular complexity index is 706. The van der Waals surface area contributed by atoms with Crippen molar-refractivity contribution in [2.75, 3.05) is 5.32 Å². The molecule has 126 valence electrons. The third kappa shape index (κ3) is 4.10. The van der Waals surface area contributed by atoms with E-state index in [1.54, 1.807) is 6.20 Å². The average Bonchev–Trinajstić information content (AvgIpc) is 2.60. The molecule has 2 N–H and O–H groups in total. The smallest absolute Gasteiger partial charge is 0.271 e. The number of aryl methyl sites for hydroxylation is 2. The van der Waals surface area contributed by atoms with Crippen LogP contribution in [-0.2, 0) is 0 Å². The Morgan fingerprint density at radius 1 is 1.04 bits per heavy atom. The molecule has 1 heterocycles. The summed E-state index contributed by atoms with van der Waals surface area (Å²) in [5, 5.41) is 6.27. The number of carbonyl (C=O) groups excluding carboxylic acids is 1. The van der Waals surface area contributed by atoms with Gasteiger partial charge in [-0.05, 0) is 49.9 Å². The molecule has 1 amide bonds. The predicted molar refractivity (Wildman–Crippen MR) is 95.6 cm³/mol. The van der Waals surface area contributed by atoms with Crippen molar-refractivity contribution in [1.82, 2.24) is 15.3 Å². The van der Waals surface area contributed by atoms with Gasteiger partial charge in [0.1, 0.15) is 11.5 Å². The quantitative estimate of drug-likeness (QED) is 0.895. The first kappa shape index (κ1) is 16.4. The Morgan fingerprint density at radius 2 is 1.83 bits per heavy atom. The Hall–Kier alpha value is -2.43. The molecule has 0 bridgehead atoms. The van der Waals surface area contributed by atoms with Crippen LogP contribution in [0.15, 0.2) is 30.6 Å². The summed E-state index contributed by atoms with van der Waals surface area (Å²) >= 11 is 0. The normalized spacial score (nSPS) is 15.1. The molecule has 5 heteroatoms. The molecule has 1 aliphatic rings. The van der Waals surface area contributed by atoms with Crippen LogP contribution in [0, 0.1) is 13.8 Å². The lowest BCUT2D eigenvalue weighted by Crippen LogP contribution is -2.36. The lowest BCUT2D eigenvalue weighted by molar-refractivity contribution is 0.0922. The Labute approximate surface area is 142 Å². The fraction of sp³-hybridized carbons (Fsp3) is 0.421. The molecule has 0 saturated heterocycles. The van der Waals surface area contributed by atoms with Gasteiger partial charge in [-0.2, -0.15) is 0 Å². The lowest BCUT2D eigenvalue weighted by Gasteiger charge is -2.22. The van der Waals surface area contributed by atoms with Crippen LogP contribution in [0.5, 0.6) is 0 Å². The molecule has 0 atom stereocenters. The molecule has 0 aliphatic heterocycles. The molecular weight excluding hydrogens is 300 g/mol. The maximum Gasteiger partial charge on any atom is 0.271 e. The number of aromatic nitrogens is 2. The van der Waals surface area contributed by atoms with Crippen molar-refractivity contribution in [3.63, 3.8) is 0 Å². The summed E-state index contributed by atoms with van der Waals surface area (Å²) in [6.07, 6.45) is 8.90. The number of hydrogen-bond donors (Lipinski definition) is 2. The van der Waals surface area contributed by atoms with E-state index in [4.69, 9.17) is 0 Å². The zero-order chi connectivity index (χ0) is 16.9. The van der Waals surface area contributed by atoms with Crippen LogP contribution in [0.2, 0.25) is 0 Å². The summed E-state index contributed by atoms with van der Waals surface area (Å²) in [5.41, 5.74) is 3.80. The predicted octanol–water partition coefficient (Wildman–Crippen LogP) is 3.90. The zero-order valence-electron chi connectivity index (χ0n) is 14.3. The summed E-state index contributed by atoms with van der Waals surface area (Å²) in [6, 6.07) is 6.42. The van der Waals surface area contributed by atoms with E-state index < -0.39 is 0 Å². The maximum atomic E-state index is 12.2. The first-order valence-electron chi connectivity index (χ1n) is 8.59. The topological polar surface area (TPSA) is 66.9 Å². The number of carbonyl (C=O) groups is 1. The number of amides is 1. The molecule has 0 radical (unpaired) electrons. The van der Waals surface area contributed by atoms with Gasteiger partial charge in [-0.1, -0.05) is 25.3 Å². The van der Waals surface area contributed by atoms with Gasteiger partial charge in [0.15, 0.2) is 0 Å². The van der Waals surface area contributed by atoms with Crippen LogP contribution in [0.25, 0.3) is 0 Å². The molecule has 5 nitrogen and oxygen atoms in total. The Morgan fingerprint density at radius 3 is 2.50 bits per heavy atom. The second kappa shape index (κ2) is 7.43. The molecule has 24 heavy (non-hydrogen) atoms. The molecule has 3 rings (SSSR count). The van der Waals surface area contributed by atoms with E-state index in [-0.39, 0.29) is 11.9 Å². The van der Waals surface area contributed by atoms with Crippen molar-refractivity contribution in [2.45, 2.75) is 52.0 Å². The molecule has 1 saturated carbocycles. The molecule has 1 aromatic heterocycles. The van der Waals surface area contributed by atoms with E-state index in [2.05, 4.69) is 46.6 Å². The van der Waals surface area contributed by atoms with Crippen molar-refractivity contribution < 1.29 is 4.79 Å². The number of benzene rings is 1. The Balaban J connectivity index is 1.61. The first-order chi connectivity index (χ1) is 11.6. The van der Waals surface area contributed by atoms with Crippen molar-refractivity contribution in [3.8, 4) is 0 Å². The lowest BCUT2D eigenvalue weighted by atomic mass is 9.95. The molecule has 1 fully saturated rings. The third-order valence-corrected chi connectivity index (χ3v) is 4.60. The van der Waals surface area contributed by atoms with E-state index in [0.717, 1.165) is 18.5 Å². The van der Waals surface area contributed by atoms with Gasteiger partial charge in [-0.3, -0.25) is 4.79 Å². The van der Waals surface area contributed by atoms with Crippen LogP contribution in [0.4, 0.5) is 11.5 Å². The number of hydrogen-bond acceptors (Lipinski definition) is 4. The van der Waals surface area contributed by atoms with E-state index in [0.29, 0.717) is 11.5 Å². The second-order valence-corrected chi connectivity index (χ2v) is 6.52. The monoisotopic (exact) mass is 324 g/mol. The summed E-state index contributed by atoms with van der Waals surface area (Å²) in [4.78, 5) is 20.8. The molecule has 1 aliphatic carbocycles. The minimum absolute atomic E-state index is 0.132. The number of rotatable bonds is 4. The van der Waals surface area contributed by atoms with E-state index in [1.165, 1.54) is 36.6 Å². The molecule has 1 aromatic carbocycles.